The highest BCUT2D eigenvalue weighted by atomic mass is 32.2. The Labute approximate surface area is 133 Å². The number of hydrogen-bond acceptors (Lipinski definition) is 5. The van der Waals surface area contributed by atoms with Crippen LogP contribution in [0.25, 0.3) is 0 Å². The summed E-state index contributed by atoms with van der Waals surface area (Å²) in [5.41, 5.74) is 3.95. The van der Waals surface area contributed by atoms with E-state index in [0.717, 1.165) is 24.3 Å². The predicted molar refractivity (Wildman–Crippen MR) is 71.9 cm³/mol. The van der Waals surface area contributed by atoms with Gasteiger partial charge in [-0.25, -0.2) is 8.42 Å². The first-order valence-corrected chi connectivity index (χ1v) is 7.58. The molecule has 0 spiro atoms. The summed E-state index contributed by atoms with van der Waals surface area (Å²) in [6, 6.07) is 0.709. The Morgan fingerprint density at radius 1 is 1.25 bits per heavy atom. The van der Waals surface area contributed by atoms with Crippen molar-refractivity contribution < 1.29 is 35.3 Å². The first-order valence-electron chi connectivity index (χ1n) is 6.14. The average molecular weight is 377 g/mol. The largest absolute Gasteiger partial charge is 0.455 e. The topological polar surface area (TPSA) is 107 Å². The van der Waals surface area contributed by atoms with Crippen molar-refractivity contribution >= 4 is 15.7 Å². The lowest BCUT2D eigenvalue weighted by molar-refractivity contribution is -0.387. The molecule has 1 atom stereocenters. The molecule has 0 saturated carbocycles. The molecule has 136 valence electrons. The van der Waals surface area contributed by atoms with Gasteiger partial charge in [0.05, 0.1) is 4.92 Å². The van der Waals surface area contributed by atoms with Crippen molar-refractivity contribution in [3.05, 3.63) is 34.4 Å². The molecule has 0 bridgehead atoms. The van der Waals surface area contributed by atoms with Gasteiger partial charge in [0.25, 0.3) is 5.69 Å². The van der Waals surface area contributed by atoms with Gasteiger partial charge < -0.3 is 5.73 Å². The van der Waals surface area contributed by atoms with Crippen LogP contribution in [-0.2, 0) is 10.0 Å². The second-order valence-electron chi connectivity index (χ2n) is 4.62. The number of benzene rings is 1. The SMILES string of the molecule is CN(C(CN)C(F)(F)C(F)(F)F)S(=O)(=O)c1ccccc1[N+](=O)[O-]. The van der Waals surface area contributed by atoms with Crippen LogP contribution in [0.3, 0.4) is 0 Å². The number of hydrogen-bond donors (Lipinski definition) is 1. The lowest BCUT2D eigenvalue weighted by atomic mass is 10.1. The lowest BCUT2D eigenvalue weighted by Crippen LogP contribution is -2.58. The summed E-state index contributed by atoms with van der Waals surface area (Å²) >= 11 is 0. The van der Waals surface area contributed by atoms with Crippen molar-refractivity contribution in [2.45, 2.75) is 23.0 Å². The normalized spacial score (nSPS) is 14.7. The van der Waals surface area contributed by atoms with E-state index in [9.17, 15) is 40.5 Å². The van der Waals surface area contributed by atoms with Gasteiger partial charge in [-0.05, 0) is 6.07 Å². The Hall–Kier alpha value is -1.86. The van der Waals surface area contributed by atoms with Crippen LogP contribution in [0.5, 0.6) is 0 Å². The maximum atomic E-state index is 13.5. The summed E-state index contributed by atoms with van der Waals surface area (Å²) in [6.45, 7) is -1.36. The van der Waals surface area contributed by atoms with Crippen LogP contribution in [0.2, 0.25) is 0 Å². The summed E-state index contributed by atoms with van der Waals surface area (Å²) < 4.78 is 88.8. The standard InChI is InChI=1S/C11H12F5N3O4S/c1-18(9(6-17)10(12,13)11(14,15)16)24(22,23)8-5-3-2-4-7(8)19(20)21/h2-5,9H,6,17H2,1H3. The molecule has 0 radical (unpaired) electrons. The highest BCUT2D eigenvalue weighted by Gasteiger charge is 2.64. The van der Waals surface area contributed by atoms with E-state index < -0.39 is 50.2 Å². The van der Waals surface area contributed by atoms with Gasteiger partial charge in [0.1, 0.15) is 6.04 Å². The van der Waals surface area contributed by atoms with Crippen LogP contribution < -0.4 is 5.73 Å². The average Bonchev–Trinajstić information content (AvgIpc) is 2.46. The van der Waals surface area contributed by atoms with Crippen molar-refractivity contribution in [3.63, 3.8) is 0 Å². The van der Waals surface area contributed by atoms with E-state index in [-0.39, 0.29) is 4.31 Å². The molecule has 1 unspecified atom stereocenters. The minimum absolute atomic E-state index is 0.303. The van der Waals surface area contributed by atoms with Gasteiger partial charge >= 0.3 is 12.1 Å². The molecule has 0 fully saturated rings. The second-order valence-corrected chi connectivity index (χ2v) is 6.58. The van der Waals surface area contributed by atoms with Gasteiger partial charge in [0, 0.05) is 19.7 Å². The van der Waals surface area contributed by atoms with Crippen molar-refractivity contribution in [1.82, 2.24) is 4.31 Å². The molecule has 0 aliphatic rings. The first kappa shape index (κ1) is 20.2. The molecule has 24 heavy (non-hydrogen) atoms. The number of rotatable bonds is 6. The second kappa shape index (κ2) is 6.57. The number of nitrogens with two attached hydrogens (primary N) is 1. The Balaban J connectivity index is 3.45. The summed E-state index contributed by atoms with van der Waals surface area (Å²) in [6.07, 6.45) is -6.05. The summed E-state index contributed by atoms with van der Waals surface area (Å²) in [5, 5.41) is 10.9. The molecule has 13 heteroatoms. The minimum Gasteiger partial charge on any atom is -0.329 e. The van der Waals surface area contributed by atoms with Crippen molar-refractivity contribution in [2.24, 2.45) is 5.73 Å². The Morgan fingerprint density at radius 3 is 2.17 bits per heavy atom. The number of nitro benzene ring substituents is 1. The van der Waals surface area contributed by atoms with Crippen molar-refractivity contribution in [1.29, 1.82) is 0 Å². The maximum absolute atomic E-state index is 13.5. The number of likely N-dealkylation sites (N-methyl/N-ethyl adjacent to an activating group) is 1. The highest BCUT2D eigenvalue weighted by Crippen LogP contribution is 2.41. The van der Waals surface area contributed by atoms with Gasteiger partial charge in [-0.2, -0.15) is 26.3 Å². The van der Waals surface area contributed by atoms with E-state index in [0.29, 0.717) is 7.05 Å². The van der Waals surface area contributed by atoms with Gasteiger partial charge in [-0.3, -0.25) is 10.1 Å². The van der Waals surface area contributed by atoms with E-state index in [1.54, 1.807) is 0 Å². The van der Waals surface area contributed by atoms with Gasteiger partial charge in [0.2, 0.25) is 10.0 Å². The van der Waals surface area contributed by atoms with Crippen LogP contribution in [-0.4, -0.2) is 49.4 Å². The molecular weight excluding hydrogens is 365 g/mol. The fraction of sp³-hybridized carbons (Fsp3) is 0.455. The molecule has 1 aromatic carbocycles. The number of halogens is 5. The van der Waals surface area contributed by atoms with Crippen LogP contribution in [0, 0.1) is 10.1 Å². The zero-order valence-electron chi connectivity index (χ0n) is 12.0. The summed E-state index contributed by atoms with van der Waals surface area (Å²) in [4.78, 5) is 8.74. The van der Waals surface area contributed by atoms with E-state index in [4.69, 9.17) is 5.73 Å². The molecule has 0 aliphatic heterocycles. The predicted octanol–water partition coefficient (Wildman–Crippen LogP) is 1.74. The smallest absolute Gasteiger partial charge is 0.329 e. The quantitative estimate of drug-likeness (QED) is 0.462. The lowest BCUT2D eigenvalue weighted by Gasteiger charge is -2.33. The van der Waals surface area contributed by atoms with Gasteiger partial charge in [-0.1, -0.05) is 12.1 Å². The van der Waals surface area contributed by atoms with E-state index >= 15 is 0 Å². The molecule has 0 aromatic heterocycles. The minimum atomic E-state index is -6.05. The van der Waals surface area contributed by atoms with Crippen molar-refractivity contribution in [3.8, 4) is 0 Å². The molecule has 7 nitrogen and oxygen atoms in total. The zero-order chi connectivity index (χ0) is 18.9. The first-order chi connectivity index (χ1) is 10.8. The molecule has 1 rings (SSSR count). The molecule has 0 saturated heterocycles. The van der Waals surface area contributed by atoms with Gasteiger partial charge in [0.15, 0.2) is 4.90 Å². The van der Waals surface area contributed by atoms with Crippen LogP contribution >= 0.6 is 0 Å². The number of nitro groups is 1. The number of para-hydroxylation sites is 1. The molecule has 0 aliphatic carbocycles. The maximum Gasteiger partial charge on any atom is 0.455 e. The fourth-order valence-electron chi connectivity index (χ4n) is 1.86. The monoisotopic (exact) mass is 377 g/mol. The Kier molecular flexibility index (Phi) is 5.52. The summed E-state index contributed by atoms with van der Waals surface area (Å²) in [5.74, 6) is -5.45. The molecule has 2 N–H and O–H groups in total. The van der Waals surface area contributed by atoms with Crippen LogP contribution in [0.15, 0.2) is 29.2 Å². The third-order valence-electron chi connectivity index (χ3n) is 3.18. The fourth-order valence-corrected chi connectivity index (χ4v) is 3.38. The molecule has 1 aromatic rings. The number of alkyl halides is 5. The highest BCUT2D eigenvalue weighted by molar-refractivity contribution is 7.89. The van der Waals surface area contributed by atoms with Crippen LogP contribution in [0.1, 0.15) is 0 Å². The molecule has 0 heterocycles. The molecular formula is C11H12F5N3O4S. The molecule has 0 amide bonds. The van der Waals surface area contributed by atoms with Crippen LogP contribution in [0.4, 0.5) is 27.6 Å². The van der Waals surface area contributed by atoms with Gasteiger partial charge in [-0.15, -0.1) is 0 Å². The zero-order valence-corrected chi connectivity index (χ0v) is 12.8. The van der Waals surface area contributed by atoms with Crippen molar-refractivity contribution in [2.75, 3.05) is 13.6 Å². The third kappa shape index (κ3) is 3.47. The Morgan fingerprint density at radius 2 is 1.75 bits per heavy atom. The number of sulfonamides is 1. The third-order valence-corrected chi connectivity index (χ3v) is 5.09. The number of nitrogens with zero attached hydrogens (tertiary/aromatic N) is 2. The summed E-state index contributed by atoms with van der Waals surface area (Å²) in [7, 11) is -4.59. The van der Waals surface area contributed by atoms with E-state index in [2.05, 4.69) is 0 Å². The Bertz CT molecular complexity index is 723. The van der Waals surface area contributed by atoms with E-state index in [1.807, 2.05) is 0 Å². The van der Waals surface area contributed by atoms with E-state index in [1.165, 1.54) is 0 Å².